The summed E-state index contributed by atoms with van der Waals surface area (Å²) in [5.41, 5.74) is -2.64. The normalized spacial score (nSPS) is 32.6. The van der Waals surface area contributed by atoms with Crippen molar-refractivity contribution in [1.82, 2.24) is 0 Å². The maximum atomic E-state index is 14.2. The van der Waals surface area contributed by atoms with Crippen molar-refractivity contribution in [2.75, 3.05) is 6.61 Å². The molecule has 0 bridgehead atoms. The molecule has 4 aliphatic rings. The second-order valence-electron chi connectivity index (χ2n) is 16.9. The Hall–Kier alpha value is -3.31. The molecular formula is C41H52O9Si. The predicted molar refractivity (Wildman–Crippen MR) is 193 cm³/mol. The lowest BCUT2D eigenvalue weighted by Crippen LogP contribution is -2.67. The number of hydrogen-bond acceptors (Lipinski definition) is 9. The summed E-state index contributed by atoms with van der Waals surface area (Å²) in [6, 6.07) is 20.6. The second-order valence-corrected chi connectivity index (χ2v) is 21.2. The first-order valence-corrected chi connectivity index (χ1v) is 20.2. The molecule has 1 heterocycles. The number of ether oxygens (including phenoxy) is 3. The molecule has 0 amide bonds. The maximum absolute atomic E-state index is 14.2. The smallest absolute Gasteiger partial charge is 0.302 e. The number of carbonyl (C=O) groups is 5. The van der Waals surface area contributed by atoms with E-state index >= 15 is 0 Å². The molecule has 1 saturated heterocycles. The Morgan fingerprint density at radius 2 is 1.53 bits per heavy atom. The zero-order valence-corrected chi connectivity index (χ0v) is 31.9. The number of fused-ring (bicyclic) bond motifs is 3. The average molecular weight is 717 g/mol. The van der Waals surface area contributed by atoms with Gasteiger partial charge in [0.15, 0.2) is 5.79 Å². The van der Waals surface area contributed by atoms with Gasteiger partial charge in [0.25, 0.3) is 8.32 Å². The highest BCUT2D eigenvalue weighted by atomic mass is 28.4. The van der Waals surface area contributed by atoms with Gasteiger partial charge in [-0.15, -0.1) is 0 Å². The van der Waals surface area contributed by atoms with E-state index in [9.17, 15) is 24.0 Å². The zero-order valence-electron chi connectivity index (χ0n) is 30.9. The molecule has 51 heavy (non-hydrogen) atoms. The third-order valence-corrected chi connectivity index (χ3v) is 17.4. The van der Waals surface area contributed by atoms with Crippen molar-refractivity contribution in [3.8, 4) is 0 Å². The minimum absolute atomic E-state index is 0.0128. The van der Waals surface area contributed by atoms with E-state index in [0.717, 1.165) is 10.4 Å². The highest BCUT2D eigenvalue weighted by molar-refractivity contribution is 6.99. The van der Waals surface area contributed by atoms with Crippen LogP contribution in [0, 0.1) is 28.6 Å². The van der Waals surface area contributed by atoms with Crippen LogP contribution in [0.2, 0.25) is 5.04 Å². The summed E-state index contributed by atoms with van der Waals surface area (Å²) < 4.78 is 25.6. The standard InChI is InChI=1S/C41H52O9Si/c1-26(43)48-34(31-20-28(44)21-32-37-33(49-39(5,6)50-37)22-36(46)41(31,32)25-42)23-40(7)27(18-19-35(40)45)24-47-51(38(2,3)4,29-14-10-8-11-15-29)30-16-12-9-13-17-30/h8-17,25,27,31-34,37H,18-24H2,1-7H3/t27-,31-,32-,33+,34-,37-,40-,41-/m1/s1. The molecule has 10 heteroatoms. The van der Waals surface area contributed by atoms with Crippen LogP contribution >= 0.6 is 0 Å². The summed E-state index contributed by atoms with van der Waals surface area (Å²) in [5.74, 6) is -4.02. The molecule has 2 aromatic carbocycles. The van der Waals surface area contributed by atoms with Gasteiger partial charge in [0.1, 0.15) is 29.7 Å². The van der Waals surface area contributed by atoms with Crippen molar-refractivity contribution in [2.45, 2.75) is 116 Å². The number of hydrogen-bond donors (Lipinski definition) is 0. The Kier molecular flexibility index (Phi) is 9.98. The number of carbonyl (C=O) groups excluding carboxylic acids is 5. The van der Waals surface area contributed by atoms with Gasteiger partial charge in [0, 0.05) is 56.5 Å². The summed E-state index contributed by atoms with van der Waals surface area (Å²) in [7, 11) is -2.94. The Morgan fingerprint density at radius 3 is 2.08 bits per heavy atom. The van der Waals surface area contributed by atoms with Crippen LogP contribution in [0.4, 0.5) is 0 Å². The Balaban J connectivity index is 1.36. The lowest BCUT2D eigenvalue weighted by atomic mass is 9.51. The van der Waals surface area contributed by atoms with Crippen molar-refractivity contribution >= 4 is 48.3 Å². The fraction of sp³-hybridized carbons (Fsp3) is 0.585. The van der Waals surface area contributed by atoms with Gasteiger partial charge in [-0.1, -0.05) is 88.4 Å². The van der Waals surface area contributed by atoms with Crippen molar-refractivity contribution in [2.24, 2.45) is 28.6 Å². The first-order chi connectivity index (χ1) is 24.0. The largest absolute Gasteiger partial charge is 0.462 e. The molecule has 0 unspecified atom stereocenters. The number of Topliss-reactive ketones (excluding diaryl/α,β-unsaturated/α-hetero) is 3. The predicted octanol–water partition coefficient (Wildman–Crippen LogP) is 5.14. The maximum Gasteiger partial charge on any atom is 0.302 e. The van der Waals surface area contributed by atoms with Crippen LogP contribution in [0.5, 0.6) is 0 Å². The lowest BCUT2D eigenvalue weighted by molar-refractivity contribution is -0.183. The Labute approximate surface area is 302 Å². The number of esters is 1. The molecule has 274 valence electrons. The first-order valence-electron chi connectivity index (χ1n) is 18.3. The van der Waals surface area contributed by atoms with Gasteiger partial charge in [-0.3, -0.25) is 19.2 Å². The summed E-state index contributed by atoms with van der Waals surface area (Å²) in [5, 5.41) is 1.98. The van der Waals surface area contributed by atoms with E-state index in [-0.39, 0.29) is 60.6 Å². The highest BCUT2D eigenvalue weighted by Crippen LogP contribution is 2.57. The molecule has 1 aliphatic heterocycles. The zero-order chi connectivity index (χ0) is 37.0. The Morgan fingerprint density at radius 1 is 0.922 bits per heavy atom. The molecule has 0 spiro atoms. The molecule has 0 N–H and O–H groups in total. The second kappa shape index (κ2) is 13.6. The number of ketones is 3. The lowest BCUT2D eigenvalue weighted by Gasteiger charge is -2.52. The van der Waals surface area contributed by atoms with Crippen molar-refractivity contribution in [3.05, 3.63) is 60.7 Å². The minimum atomic E-state index is -2.94. The van der Waals surface area contributed by atoms with Crippen LogP contribution in [-0.4, -0.2) is 68.6 Å². The highest BCUT2D eigenvalue weighted by Gasteiger charge is 2.67. The number of rotatable bonds is 10. The van der Waals surface area contributed by atoms with Crippen LogP contribution in [0.25, 0.3) is 0 Å². The van der Waals surface area contributed by atoms with Gasteiger partial charge >= 0.3 is 5.97 Å². The summed E-state index contributed by atoms with van der Waals surface area (Å²) in [6.45, 7) is 13.6. The van der Waals surface area contributed by atoms with Gasteiger partial charge in [0.2, 0.25) is 0 Å². The van der Waals surface area contributed by atoms with E-state index in [4.69, 9.17) is 18.6 Å². The molecule has 4 fully saturated rings. The van der Waals surface area contributed by atoms with E-state index in [1.807, 2.05) is 43.3 Å². The van der Waals surface area contributed by atoms with Crippen molar-refractivity contribution in [3.63, 3.8) is 0 Å². The quantitative estimate of drug-likeness (QED) is 0.142. The number of benzene rings is 2. The summed E-state index contributed by atoms with van der Waals surface area (Å²) in [6.07, 6.45) is -0.825. The van der Waals surface area contributed by atoms with Gasteiger partial charge in [0.05, 0.1) is 17.6 Å². The molecule has 0 radical (unpaired) electrons. The molecule has 0 aromatic heterocycles. The van der Waals surface area contributed by atoms with Gasteiger partial charge in [-0.25, -0.2) is 0 Å². The molecule has 3 saturated carbocycles. The fourth-order valence-corrected chi connectivity index (χ4v) is 14.6. The van der Waals surface area contributed by atoms with Crippen LogP contribution in [0.15, 0.2) is 60.7 Å². The molecule has 8 atom stereocenters. The van der Waals surface area contributed by atoms with Crippen molar-refractivity contribution in [1.29, 1.82) is 0 Å². The molecule has 6 rings (SSSR count). The topological polar surface area (TPSA) is 122 Å². The minimum Gasteiger partial charge on any atom is -0.462 e. The van der Waals surface area contributed by atoms with Crippen LogP contribution in [0.1, 0.15) is 87.0 Å². The van der Waals surface area contributed by atoms with Gasteiger partial charge < -0.3 is 23.4 Å². The number of aldehydes is 1. The Bertz CT molecular complexity index is 1630. The van der Waals surface area contributed by atoms with E-state index in [1.54, 1.807) is 13.8 Å². The van der Waals surface area contributed by atoms with Gasteiger partial charge in [-0.2, -0.15) is 0 Å². The molecule has 9 nitrogen and oxygen atoms in total. The first kappa shape index (κ1) is 37.4. The SMILES string of the molecule is CC(=O)O[C@H](C[C@@]1(C)C(=O)CC[C@@H]1CO[Si](c1ccccc1)(c1ccccc1)C(C)(C)C)[C@H]1CC(=O)C[C@@H]2[C@H]3OC(C)(C)O[C@H]3CC(=O)[C@@]21C=O. The van der Waals surface area contributed by atoms with E-state index in [0.29, 0.717) is 19.1 Å². The van der Waals surface area contributed by atoms with Crippen LogP contribution < -0.4 is 10.4 Å². The van der Waals surface area contributed by atoms with Crippen LogP contribution in [-0.2, 0) is 42.6 Å². The molecular weight excluding hydrogens is 665 g/mol. The molecule has 2 aromatic rings. The van der Waals surface area contributed by atoms with Crippen LogP contribution in [0.3, 0.4) is 0 Å². The van der Waals surface area contributed by atoms with E-state index in [1.165, 1.54) is 6.92 Å². The van der Waals surface area contributed by atoms with Crippen molar-refractivity contribution < 1.29 is 42.6 Å². The molecule has 3 aliphatic carbocycles. The van der Waals surface area contributed by atoms with E-state index in [2.05, 4.69) is 45.0 Å². The van der Waals surface area contributed by atoms with Gasteiger partial charge in [-0.05, 0) is 48.0 Å². The fourth-order valence-electron chi connectivity index (χ4n) is 9.96. The van der Waals surface area contributed by atoms with E-state index < -0.39 is 61.1 Å². The average Bonchev–Trinajstić information content (AvgIpc) is 3.53. The third-order valence-electron chi connectivity index (χ3n) is 12.4. The monoisotopic (exact) mass is 716 g/mol. The summed E-state index contributed by atoms with van der Waals surface area (Å²) in [4.78, 5) is 67.8. The third kappa shape index (κ3) is 6.40. The summed E-state index contributed by atoms with van der Waals surface area (Å²) >= 11 is 0.